The quantitative estimate of drug-likeness (QED) is 0.572. The minimum absolute atomic E-state index is 0.273. The first-order valence-electron chi connectivity index (χ1n) is 10.1. The summed E-state index contributed by atoms with van der Waals surface area (Å²) >= 11 is 0. The van der Waals surface area contributed by atoms with E-state index in [0.29, 0.717) is 5.92 Å². The van der Waals surface area contributed by atoms with Crippen LogP contribution in [0.25, 0.3) is 5.57 Å². The summed E-state index contributed by atoms with van der Waals surface area (Å²) in [5.74, 6) is 1.42. The average Bonchev–Trinajstić information content (AvgIpc) is 2.64. The van der Waals surface area contributed by atoms with Gasteiger partial charge in [-0.05, 0) is 62.1 Å². The molecule has 0 radical (unpaired) electrons. The summed E-state index contributed by atoms with van der Waals surface area (Å²) in [6.07, 6.45) is 9.99. The van der Waals surface area contributed by atoms with Crippen LogP contribution >= 0.6 is 0 Å². The van der Waals surface area contributed by atoms with Gasteiger partial charge in [0.1, 0.15) is 17.1 Å². The van der Waals surface area contributed by atoms with Crippen molar-refractivity contribution in [3.05, 3.63) is 59.4 Å². The summed E-state index contributed by atoms with van der Waals surface area (Å²) < 4.78 is 6.22. The number of nitrogens with zero attached hydrogens (tertiary/aromatic N) is 1. The summed E-state index contributed by atoms with van der Waals surface area (Å²) in [6.45, 7) is 8.54. The topological polar surface area (TPSA) is 42.4 Å². The van der Waals surface area contributed by atoms with Gasteiger partial charge in [-0.3, -0.25) is 4.98 Å². The van der Waals surface area contributed by atoms with E-state index in [4.69, 9.17) is 4.74 Å². The molecule has 0 fully saturated rings. The lowest BCUT2D eigenvalue weighted by Crippen LogP contribution is -2.29. The molecule has 1 unspecified atom stereocenters. The molecule has 0 bridgehead atoms. The third-order valence-electron chi connectivity index (χ3n) is 5.24. The Morgan fingerprint density at radius 2 is 1.96 bits per heavy atom. The van der Waals surface area contributed by atoms with E-state index < -0.39 is 5.60 Å². The van der Waals surface area contributed by atoms with Crippen LogP contribution in [0.3, 0.4) is 0 Å². The van der Waals surface area contributed by atoms with Gasteiger partial charge in [-0.2, -0.15) is 0 Å². The van der Waals surface area contributed by atoms with E-state index in [1.165, 1.54) is 25.7 Å². The first-order chi connectivity index (χ1) is 12.9. The highest BCUT2D eigenvalue weighted by atomic mass is 16.5. The van der Waals surface area contributed by atoms with Crippen LogP contribution in [0.15, 0.2) is 42.6 Å². The summed E-state index contributed by atoms with van der Waals surface area (Å²) in [7, 11) is 0. The zero-order valence-corrected chi connectivity index (χ0v) is 17.0. The van der Waals surface area contributed by atoms with Crippen molar-refractivity contribution in [1.29, 1.82) is 0 Å². The molecule has 0 spiro atoms. The second-order valence-electron chi connectivity index (χ2n) is 8.14. The smallest absolute Gasteiger partial charge is 0.132 e. The molecule has 0 aliphatic carbocycles. The highest BCUT2D eigenvalue weighted by Gasteiger charge is 2.30. The van der Waals surface area contributed by atoms with Crippen molar-refractivity contribution in [2.24, 2.45) is 0 Å². The maximum Gasteiger partial charge on any atom is 0.132 e. The molecule has 0 saturated heterocycles. The van der Waals surface area contributed by atoms with Crippen molar-refractivity contribution in [2.45, 2.75) is 71.3 Å². The molecule has 3 heteroatoms. The second kappa shape index (κ2) is 8.16. The number of hydrogen-bond donors (Lipinski definition) is 1. The molecule has 1 aromatic carbocycles. The first-order valence-corrected chi connectivity index (χ1v) is 10.1. The van der Waals surface area contributed by atoms with Crippen molar-refractivity contribution in [2.75, 3.05) is 0 Å². The Kier molecular flexibility index (Phi) is 5.88. The van der Waals surface area contributed by atoms with E-state index in [-0.39, 0.29) is 5.75 Å². The predicted octanol–water partition coefficient (Wildman–Crippen LogP) is 6.46. The number of fused-ring (bicyclic) bond motifs is 1. The van der Waals surface area contributed by atoms with Crippen molar-refractivity contribution in [3.63, 3.8) is 0 Å². The summed E-state index contributed by atoms with van der Waals surface area (Å²) in [6, 6.07) is 9.85. The van der Waals surface area contributed by atoms with Crippen molar-refractivity contribution < 1.29 is 9.84 Å². The van der Waals surface area contributed by atoms with Gasteiger partial charge in [-0.15, -0.1) is 0 Å². The van der Waals surface area contributed by atoms with E-state index in [2.05, 4.69) is 24.9 Å². The number of unbranched alkanes of at least 4 members (excludes halogenated alkanes) is 3. The Balaban J connectivity index is 1.94. The fourth-order valence-corrected chi connectivity index (χ4v) is 3.76. The molecule has 1 atom stereocenters. The minimum Gasteiger partial charge on any atom is -0.507 e. The summed E-state index contributed by atoms with van der Waals surface area (Å²) in [4.78, 5) is 4.49. The lowest BCUT2D eigenvalue weighted by Gasteiger charge is -2.32. The molecule has 2 aromatic rings. The van der Waals surface area contributed by atoms with Crippen molar-refractivity contribution in [1.82, 2.24) is 4.98 Å². The number of ether oxygens (including phenoxy) is 1. The lowest BCUT2D eigenvalue weighted by atomic mass is 9.88. The van der Waals surface area contributed by atoms with Crippen LogP contribution in [0.1, 0.15) is 82.5 Å². The molecule has 1 aromatic heterocycles. The van der Waals surface area contributed by atoms with E-state index in [9.17, 15) is 5.11 Å². The fourth-order valence-electron chi connectivity index (χ4n) is 3.76. The standard InChI is InChI=1S/C24H31NO2/c1-5-6-7-8-11-17(2)18-14-21(26)23-19(20-12-9-10-13-25-20)16-24(3,4)27-22(23)15-18/h9-10,12-17,26H,5-8,11H2,1-4H3. The first kappa shape index (κ1) is 19.5. The predicted molar refractivity (Wildman–Crippen MR) is 111 cm³/mol. The molecule has 1 N–H and O–H groups in total. The Morgan fingerprint density at radius 3 is 2.67 bits per heavy atom. The van der Waals surface area contributed by atoms with E-state index in [0.717, 1.165) is 34.6 Å². The van der Waals surface area contributed by atoms with Gasteiger partial charge in [0.25, 0.3) is 0 Å². The number of benzene rings is 1. The number of rotatable bonds is 7. The van der Waals surface area contributed by atoms with Gasteiger partial charge >= 0.3 is 0 Å². The molecule has 3 rings (SSSR count). The molecule has 2 heterocycles. The number of aromatic nitrogens is 1. The number of phenols is 1. The molecule has 3 nitrogen and oxygen atoms in total. The Bertz CT molecular complexity index is 809. The van der Waals surface area contributed by atoms with Crippen LogP contribution in [-0.2, 0) is 0 Å². The van der Waals surface area contributed by atoms with Gasteiger partial charge < -0.3 is 9.84 Å². The zero-order chi connectivity index (χ0) is 19.4. The zero-order valence-electron chi connectivity index (χ0n) is 17.0. The molecular weight excluding hydrogens is 334 g/mol. The van der Waals surface area contributed by atoms with Gasteiger partial charge in [0.2, 0.25) is 0 Å². The van der Waals surface area contributed by atoms with Crippen LogP contribution in [0.4, 0.5) is 0 Å². The largest absolute Gasteiger partial charge is 0.507 e. The highest BCUT2D eigenvalue weighted by molar-refractivity contribution is 5.86. The minimum atomic E-state index is -0.449. The molecule has 144 valence electrons. The number of aromatic hydroxyl groups is 1. The van der Waals surface area contributed by atoms with Crippen LogP contribution in [-0.4, -0.2) is 15.7 Å². The maximum atomic E-state index is 10.8. The van der Waals surface area contributed by atoms with Crippen LogP contribution in [0.5, 0.6) is 11.5 Å². The number of phenolic OH excluding ortho intramolecular Hbond substituents is 1. The lowest BCUT2D eigenvalue weighted by molar-refractivity contribution is 0.157. The van der Waals surface area contributed by atoms with E-state index in [1.54, 1.807) is 6.20 Å². The van der Waals surface area contributed by atoms with Crippen LogP contribution < -0.4 is 4.74 Å². The van der Waals surface area contributed by atoms with Gasteiger partial charge in [-0.1, -0.05) is 45.6 Å². The molecule has 27 heavy (non-hydrogen) atoms. The van der Waals surface area contributed by atoms with E-state index >= 15 is 0 Å². The fraction of sp³-hybridized carbons (Fsp3) is 0.458. The SMILES string of the molecule is CCCCCCC(C)c1cc(O)c2c(c1)OC(C)(C)C=C2c1ccccn1. The Labute approximate surface area is 163 Å². The Morgan fingerprint density at radius 1 is 1.15 bits per heavy atom. The van der Waals surface area contributed by atoms with Gasteiger partial charge in [0.15, 0.2) is 0 Å². The van der Waals surface area contributed by atoms with E-state index in [1.807, 2.05) is 44.2 Å². The highest BCUT2D eigenvalue weighted by Crippen LogP contribution is 2.45. The third kappa shape index (κ3) is 4.52. The molecule has 1 aliphatic rings. The molecular formula is C24H31NO2. The average molecular weight is 366 g/mol. The maximum absolute atomic E-state index is 10.8. The second-order valence-corrected chi connectivity index (χ2v) is 8.14. The monoisotopic (exact) mass is 365 g/mol. The molecule has 0 amide bonds. The van der Waals surface area contributed by atoms with Gasteiger partial charge in [-0.25, -0.2) is 0 Å². The summed E-state index contributed by atoms with van der Waals surface area (Å²) in [5, 5.41) is 10.8. The number of pyridine rings is 1. The molecule has 1 aliphatic heterocycles. The third-order valence-corrected chi connectivity index (χ3v) is 5.24. The Hall–Kier alpha value is -2.29. The summed E-state index contributed by atoms with van der Waals surface area (Å²) in [5.41, 5.74) is 3.22. The van der Waals surface area contributed by atoms with Crippen LogP contribution in [0, 0.1) is 0 Å². The molecule has 0 saturated carbocycles. The van der Waals surface area contributed by atoms with Crippen molar-refractivity contribution >= 4 is 5.57 Å². The normalized spacial score (nSPS) is 16.2. The van der Waals surface area contributed by atoms with Crippen LogP contribution in [0.2, 0.25) is 0 Å². The number of hydrogen-bond acceptors (Lipinski definition) is 3. The van der Waals surface area contributed by atoms with Gasteiger partial charge in [0, 0.05) is 11.8 Å². The van der Waals surface area contributed by atoms with Gasteiger partial charge in [0.05, 0.1) is 11.3 Å². The van der Waals surface area contributed by atoms with Crippen molar-refractivity contribution in [3.8, 4) is 11.5 Å².